The van der Waals surface area contributed by atoms with E-state index < -0.39 is 0 Å². The Balaban J connectivity index is 2.27. The minimum Gasteiger partial charge on any atom is -0.310 e. The normalized spacial score (nSPS) is 12.6. The van der Waals surface area contributed by atoms with Crippen LogP contribution < -0.4 is 5.32 Å². The summed E-state index contributed by atoms with van der Waals surface area (Å²) in [6.45, 7) is 5.54. The van der Waals surface area contributed by atoms with Crippen molar-refractivity contribution in [3.05, 3.63) is 30.1 Å². The van der Waals surface area contributed by atoms with Gasteiger partial charge in [0.2, 0.25) is 0 Å². The number of rotatable bonds is 8. The molecule has 0 bridgehead atoms. The monoisotopic (exact) mass is 238 g/mol. The summed E-state index contributed by atoms with van der Waals surface area (Å²) in [5, 5.41) is 3.60. The molecule has 1 aromatic heterocycles. The second-order valence-electron chi connectivity index (χ2n) is 3.75. The van der Waals surface area contributed by atoms with E-state index in [2.05, 4.69) is 36.3 Å². The lowest BCUT2D eigenvalue weighted by Gasteiger charge is -2.17. The van der Waals surface area contributed by atoms with Gasteiger partial charge in [-0.3, -0.25) is 4.98 Å². The van der Waals surface area contributed by atoms with Gasteiger partial charge < -0.3 is 5.32 Å². The molecule has 1 heterocycles. The first-order valence-electron chi connectivity index (χ1n) is 6.09. The molecule has 0 fully saturated rings. The van der Waals surface area contributed by atoms with Crippen LogP contribution in [0.1, 0.15) is 38.3 Å². The molecule has 0 radical (unpaired) electrons. The van der Waals surface area contributed by atoms with Crippen molar-refractivity contribution in [1.29, 1.82) is 0 Å². The van der Waals surface area contributed by atoms with Gasteiger partial charge in [0.25, 0.3) is 0 Å². The Bertz CT molecular complexity index is 264. The molecule has 1 N–H and O–H groups in total. The van der Waals surface area contributed by atoms with Crippen LogP contribution in [0.2, 0.25) is 0 Å². The largest absolute Gasteiger partial charge is 0.310 e. The maximum Gasteiger partial charge on any atom is 0.0318 e. The first-order chi connectivity index (χ1) is 7.88. The summed E-state index contributed by atoms with van der Waals surface area (Å²) < 4.78 is 0. The lowest BCUT2D eigenvalue weighted by Crippen LogP contribution is -2.22. The Morgan fingerprint density at radius 1 is 1.31 bits per heavy atom. The third-order valence-corrected chi connectivity index (χ3v) is 3.56. The molecule has 1 unspecified atom stereocenters. The van der Waals surface area contributed by atoms with Crippen LogP contribution in [0.25, 0.3) is 0 Å². The van der Waals surface area contributed by atoms with Crippen LogP contribution in [0.5, 0.6) is 0 Å². The van der Waals surface area contributed by atoms with E-state index in [9.17, 15) is 0 Å². The molecule has 0 saturated heterocycles. The third kappa shape index (κ3) is 4.99. The summed E-state index contributed by atoms with van der Waals surface area (Å²) in [5.74, 6) is 2.48. The summed E-state index contributed by atoms with van der Waals surface area (Å²) in [4.78, 5) is 4.05. The predicted molar refractivity (Wildman–Crippen MR) is 72.9 cm³/mol. The van der Waals surface area contributed by atoms with Crippen molar-refractivity contribution in [3.8, 4) is 0 Å². The molecule has 0 aliphatic heterocycles. The van der Waals surface area contributed by atoms with Crippen LogP contribution >= 0.6 is 11.8 Å². The molecular weight excluding hydrogens is 216 g/mol. The summed E-state index contributed by atoms with van der Waals surface area (Å²) in [6, 6.07) is 4.68. The molecule has 0 amide bonds. The van der Waals surface area contributed by atoms with Crippen LogP contribution in [0.3, 0.4) is 0 Å². The molecule has 3 heteroatoms. The summed E-state index contributed by atoms with van der Waals surface area (Å²) in [5.41, 5.74) is 1.35. The highest BCUT2D eigenvalue weighted by molar-refractivity contribution is 7.99. The topological polar surface area (TPSA) is 24.9 Å². The van der Waals surface area contributed by atoms with Gasteiger partial charge in [0.15, 0.2) is 0 Å². The van der Waals surface area contributed by atoms with Crippen LogP contribution in [-0.4, -0.2) is 23.0 Å². The molecule has 1 aromatic rings. The van der Waals surface area contributed by atoms with E-state index in [4.69, 9.17) is 0 Å². The third-order valence-electron chi connectivity index (χ3n) is 2.58. The predicted octanol–water partition coefficient (Wildman–Crippen LogP) is 3.27. The number of pyridine rings is 1. The SMILES string of the molecule is CCSCCCNC(CC)c1ccncc1. The number of hydrogen-bond donors (Lipinski definition) is 1. The number of thioether (sulfide) groups is 1. The van der Waals surface area contributed by atoms with Crippen LogP contribution in [0.15, 0.2) is 24.5 Å². The van der Waals surface area contributed by atoms with Crippen molar-refractivity contribution in [2.75, 3.05) is 18.1 Å². The molecule has 2 nitrogen and oxygen atoms in total. The van der Waals surface area contributed by atoms with E-state index in [0.717, 1.165) is 13.0 Å². The fourth-order valence-electron chi connectivity index (χ4n) is 1.69. The molecule has 1 rings (SSSR count). The van der Waals surface area contributed by atoms with E-state index >= 15 is 0 Å². The second-order valence-corrected chi connectivity index (χ2v) is 5.14. The van der Waals surface area contributed by atoms with Crippen molar-refractivity contribution in [1.82, 2.24) is 10.3 Å². The highest BCUT2D eigenvalue weighted by Gasteiger charge is 2.06. The Hall–Kier alpha value is -0.540. The molecule has 0 aliphatic carbocycles. The number of hydrogen-bond acceptors (Lipinski definition) is 3. The van der Waals surface area contributed by atoms with Gasteiger partial charge in [-0.25, -0.2) is 0 Å². The van der Waals surface area contributed by atoms with Crippen molar-refractivity contribution in [2.45, 2.75) is 32.7 Å². The Morgan fingerprint density at radius 3 is 2.69 bits per heavy atom. The first kappa shape index (κ1) is 13.5. The first-order valence-corrected chi connectivity index (χ1v) is 7.25. The fraction of sp³-hybridized carbons (Fsp3) is 0.615. The standard InChI is InChI=1S/C13H22N2S/c1-3-13(12-6-9-14-10-7-12)15-8-5-11-16-4-2/h6-7,9-10,13,15H,3-5,8,11H2,1-2H3. The fourth-order valence-corrected chi connectivity index (χ4v) is 2.33. The highest BCUT2D eigenvalue weighted by atomic mass is 32.2. The molecule has 0 aromatic carbocycles. The quantitative estimate of drug-likeness (QED) is 0.704. The summed E-state index contributed by atoms with van der Waals surface area (Å²) >= 11 is 2.01. The van der Waals surface area contributed by atoms with Crippen LogP contribution in [0, 0.1) is 0 Å². The molecule has 1 atom stereocenters. The average molecular weight is 238 g/mol. The van der Waals surface area contributed by atoms with E-state index in [1.165, 1.54) is 23.5 Å². The van der Waals surface area contributed by atoms with Crippen molar-refractivity contribution in [3.63, 3.8) is 0 Å². The van der Waals surface area contributed by atoms with Gasteiger partial charge in [0.05, 0.1) is 0 Å². The van der Waals surface area contributed by atoms with Crippen molar-refractivity contribution in [2.24, 2.45) is 0 Å². The molecule has 90 valence electrons. The average Bonchev–Trinajstić information content (AvgIpc) is 2.35. The molecule has 0 spiro atoms. The van der Waals surface area contributed by atoms with Crippen molar-refractivity contribution >= 4 is 11.8 Å². The van der Waals surface area contributed by atoms with Gasteiger partial charge in [-0.05, 0) is 48.6 Å². The number of aromatic nitrogens is 1. The summed E-state index contributed by atoms with van der Waals surface area (Å²) in [6.07, 6.45) is 6.12. The summed E-state index contributed by atoms with van der Waals surface area (Å²) in [7, 11) is 0. The van der Waals surface area contributed by atoms with E-state index in [1.807, 2.05) is 24.2 Å². The van der Waals surface area contributed by atoms with Gasteiger partial charge in [0, 0.05) is 18.4 Å². The Kier molecular flexibility index (Phi) is 7.26. The van der Waals surface area contributed by atoms with Crippen LogP contribution in [-0.2, 0) is 0 Å². The minimum absolute atomic E-state index is 0.481. The number of nitrogens with zero attached hydrogens (tertiary/aromatic N) is 1. The maximum absolute atomic E-state index is 4.05. The van der Waals surface area contributed by atoms with E-state index in [1.54, 1.807) is 0 Å². The van der Waals surface area contributed by atoms with Crippen molar-refractivity contribution < 1.29 is 0 Å². The lowest BCUT2D eigenvalue weighted by atomic mass is 10.1. The zero-order valence-corrected chi connectivity index (χ0v) is 11.1. The van der Waals surface area contributed by atoms with Gasteiger partial charge in [0.1, 0.15) is 0 Å². The Morgan fingerprint density at radius 2 is 2.06 bits per heavy atom. The molecule has 0 saturated carbocycles. The van der Waals surface area contributed by atoms with Gasteiger partial charge in [-0.1, -0.05) is 13.8 Å². The number of nitrogens with one attached hydrogen (secondary N) is 1. The van der Waals surface area contributed by atoms with E-state index in [0.29, 0.717) is 6.04 Å². The van der Waals surface area contributed by atoms with Gasteiger partial charge >= 0.3 is 0 Å². The smallest absolute Gasteiger partial charge is 0.0318 e. The molecule has 0 aliphatic rings. The van der Waals surface area contributed by atoms with Gasteiger partial charge in [-0.15, -0.1) is 0 Å². The molecular formula is C13H22N2S. The second kappa shape index (κ2) is 8.59. The lowest BCUT2D eigenvalue weighted by molar-refractivity contribution is 0.519. The minimum atomic E-state index is 0.481. The zero-order chi connectivity index (χ0) is 11.6. The van der Waals surface area contributed by atoms with Crippen LogP contribution in [0.4, 0.5) is 0 Å². The molecule has 16 heavy (non-hydrogen) atoms. The zero-order valence-electron chi connectivity index (χ0n) is 10.3. The maximum atomic E-state index is 4.05. The van der Waals surface area contributed by atoms with E-state index in [-0.39, 0.29) is 0 Å². The van der Waals surface area contributed by atoms with Gasteiger partial charge in [-0.2, -0.15) is 11.8 Å². The Labute approximate surface area is 103 Å². The highest BCUT2D eigenvalue weighted by Crippen LogP contribution is 2.15.